The van der Waals surface area contributed by atoms with E-state index in [4.69, 9.17) is 0 Å². The maximum Gasteiger partial charge on any atom is 0.0223 e. The Morgan fingerprint density at radius 1 is 1.06 bits per heavy atom. The van der Waals surface area contributed by atoms with Crippen LogP contribution in [-0.4, -0.2) is 37.1 Å². The molecule has 2 nitrogen and oxygen atoms in total. The van der Waals surface area contributed by atoms with Crippen molar-refractivity contribution in [2.75, 3.05) is 26.2 Å². The number of hydrogen-bond acceptors (Lipinski definition) is 2. The summed E-state index contributed by atoms with van der Waals surface area (Å²) in [4.78, 5) is 2.71. The van der Waals surface area contributed by atoms with Crippen LogP contribution < -0.4 is 5.32 Å². The van der Waals surface area contributed by atoms with Crippen LogP contribution >= 0.6 is 0 Å². The average molecular weight is 226 g/mol. The van der Waals surface area contributed by atoms with E-state index in [1.54, 1.807) is 0 Å². The van der Waals surface area contributed by atoms with Crippen LogP contribution in [0.15, 0.2) is 0 Å². The molecule has 2 unspecified atom stereocenters. The van der Waals surface area contributed by atoms with E-state index < -0.39 is 0 Å². The molecule has 1 saturated heterocycles. The van der Waals surface area contributed by atoms with Gasteiger partial charge in [0.25, 0.3) is 0 Å². The topological polar surface area (TPSA) is 15.3 Å². The standard InChI is InChI=1S/C14H30N2/c1-11(2)9-16(10-12(3)4)14-6-13(5)7-15-8-14/h11-15H,6-10H2,1-5H3. The summed E-state index contributed by atoms with van der Waals surface area (Å²) < 4.78 is 0. The quantitative estimate of drug-likeness (QED) is 0.775. The van der Waals surface area contributed by atoms with Crippen molar-refractivity contribution in [1.82, 2.24) is 10.2 Å². The fraction of sp³-hybridized carbons (Fsp3) is 1.00. The maximum absolute atomic E-state index is 3.57. The molecule has 2 heteroatoms. The van der Waals surface area contributed by atoms with Crippen LogP contribution in [0.1, 0.15) is 41.0 Å². The van der Waals surface area contributed by atoms with E-state index in [-0.39, 0.29) is 0 Å². The summed E-state index contributed by atoms with van der Waals surface area (Å²) in [6.07, 6.45) is 1.37. The Morgan fingerprint density at radius 3 is 2.06 bits per heavy atom. The highest BCUT2D eigenvalue weighted by Crippen LogP contribution is 2.18. The molecule has 0 aromatic heterocycles. The van der Waals surface area contributed by atoms with Gasteiger partial charge in [0.2, 0.25) is 0 Å². The molecule has 16 heavy (non-hydrogen) atoms. The summed E-state index contributed by atoms with van der Waals surface area (Å²) >= 11 is 0. The molecule has 1 aliphatic rings. The van der Waals surface area contributed by atoms with Gasteiger partial charge in [-0.05, 0) is 30.7 Å². The van der Waals surface area contributed by atoms with E-state index in [2.05, 4.69) is 44.8 Å². The van der Waals surface area contributed by atoms with Crippen LogP contribution in [0.2, 0.25) is 0 Å². The molecule has 1 fully saturated rings. The van der Waals surface area contributed by atoms with Crippen molar-refractivity contribution in [3.63, 3.8) is 0 Å². The molecule has 1 N–H and O–H groups in total. The summed E-state index contributed by atoms with van der Waals surface area (Å²) in [6.45, 7) is 16.5. The number of hydrogen-bond donors (Lipinski definition) is 1. The van der Waals surface area contributed by atoms with Crippen molar-refractivity contribution in [1.29, 1.82) is 0 Å². The first-order valence-electron chi connectivity index (χ1n) is 6.93. The molecule has 0 aromatic rings. The molecule has 0 spiro atoms. The third kappa shape index (κ3) is 4.84. The minimum Gasteiger partial charge on any atom is -0.315 e. The lowest BCUT2D eigenvalue weighted by Crippen LogP contribution is -2.50. The van der Waals surface area contributed by atoms with Gasteiger partial charge in [-0.15, -0.1) is 0 Å². The van der Waals surface area contributed by atoms with E-state index in [9.17, 15) is 0 Å². The first kappa shape index (κ1) is 14.0. The van der Waals surface area contributed by atoms with E-state index >= 15 is 0 Å². The largest absolute Gasteiger partial charge is 0.315 e. The van der Waals surface area contributed by atoms with Crippen LogP contribution in [0.5, 0.6) is 0 Å². The molecule has 0 saturated carbocycles. The smallest absolute Gasteiger partial charge is 0.0223 e. The molecular weight excluding hydrogens is 196 g/mol. The summed E-state index contributed by atoms with van der Waals surface area (Å²) in [5, 5.41) is 3.57. The van der Waals surface area contributed by atoms with Crippen LogP contribution in [0.25, 0.3) is 0 Å². The number of nitrogens with zero attached hydrogens (tertiary/aromatic N) is 1. The monoisotopic (exact) mass is 226 g/mol. The minimum atomic E-state index is 0.758. The highest BCUT2D eigenvalue weighted by molar-refractivity contribution is 4.82. The molecule has 0 aromatic carbocycles. The first-order chi connectivity index (χ1) is 7.49. The SMILES string of the molecule is CC(C)CN(CC(C)C)C1CNCC(C)C1. The van der Waals surface area contributed by atoms with Crippen molar-refractivity contribution < 1.29 is 0 Å². The second-order valence-corrected chi connectivity index (χ2v) is 6.39. The van der Waals surface area contributed by atoms with Crippen LogP contribution in [0.4, 0.5) is 0 Å². The lowest BCUT2D eigenvalue weighted by Gasteiger charge is -2.38. The van der Waals surface area contributed by atoms with Gasteiger partial charge in [0.15, 0.2) is 0 Å². The Labute approximate surface area is 102 Å². The van der Waals surface area contributed by atoms with Gasteiger partial charge in [-0.1, -0.05) is 34.6 Å². The maximum atomic E-state index is 3.57. The van der Waals surface area contributed by atoms with Gasteiger partial charge in [-0.2, -0.15) is 0 Å². The second-order valence-electron chi connectivity index (χ2n) is 6.39. The third-order valence-electron chi connectivity index (χ3n) is 3.26. The van der Waals surface area contributed by atoms with Crippen molar-refractivity contribution >= 4 is 0 Å². The highest BCUT2D eigenvalue weighted by Gasteiger charge is 2.25. The van der Waals surface area contributed by atoms with E-state index in [1.807, 2.05) is 0 Å². The fourth-order valence-corrected chi connectivity index (χ4v) is 2.72. The van der Waals surface area contributed by atoms with Crippen LogP contribution in [-0.2, 0) is 0 Å². The fourth-order valence-electron chi connectivity index (χ4n) is 2.72. The molecule has 0 bridgehead atoms. The van der Waals surface area contributed by atoms with E-state index in [0.29, 0.717) is 0 Å². The zero-order chi connectivity index (χ0) is 12.1. The van der Waals surface area contributed by atoms with Gasteiger partial charge in [0.1, 0.15) is 0 Å². The number of piperidine rings is 1. The lowest BCUT2D eigenvalue weighted by atomic mass is 9.95. The van der Waals surface area contributed by atoms with Crippen molar-refractivity contribution in [3.8, 4) is 0 Å². The summed E-state index contributed by atoms with van der Waals surface area (Å²) in [6, 6.07) is 0.758. The summed E-state index contributed by atoms with van der Waals surface area (Å²) in [5.41, 5.74) is 0. The molecule has 2 atom stereocenters. The summed E-state index contributed by atoms with van der Waals surface area (Å²) in [7, 11) is 0. The van der Waals surface area contributed by atoms with Crippen molar-refractivity contribution in [3.05, 3.63) is 0 Å². The number of nitrogens with one attached hydrogen (secondary N) is 1. The minimum absolute atomic E-state index is 0.758. The Bertz CT molecular complexity index is 179. The molecule has 1 heterocycles. The highest BCUT2D eigenvalue weighted by atomic mass is 15.2. The van der Waals surface area contributed by atoms with Gasteiger partial charge in [0, 0.05) is 25.7 Å². The van der Waals surface area contributed by atoms with Gasteiger partial charge in [0.05, 0.1) is 0 Å². The number of rotatable bonds is 5. The van der Waals surface area contributed by atoms with Gasteiger partial charge >= 0.3 is 0 Å². The van der Waals surface area contributed by atoms with Gasteiger partial charge < -0.3 is 5.32 Å². The van der Waals surface area contributed by atoms with Crippen molar-refractivity contribution in [2.45, 2.75) is 47.1 Å². The van der Waals surface area contributed by atoms with Crippen LogP contribution in [0, 0.1) is 17.8 Å². The van der Waals surface area contributed by atoms with E-state index in [0.717, 1.165) is 23.8 Å². The molecule has 0 amide bonds. The van der Waals surface area contributed by atoms with Crippen molar-refractivity contribution in [2.24, 2.45) is 17.8 Å². The average Bonchev–Trinajstić information content (AvgIpc) is 2.15. The molecule has 0 aliphatic carbocycles. The zero-order valence-electron chi connectivity index (χ0n) is 11.8. The predicted octanol–water partition coefficient (Wildman–Crippen LogP) is 2.60. The Hall–Kier alpha value is -0.0800. The lowest BCUT2D eigenvalue weighted by molar-refractivity contribution is 0.117. The zero-order valence-corrected chi connectivity index (χ0v) is 11.8. The molecular formula is C14H30N2. The molecule has 96 valence electrons. The van der Waals surface area contributed by atoms with Crippen LogP contribution in [0.3, 0.4) is 0 Å². The Morgan fingerprint density at radius 2 is 1.62 bits per heavy atom. The predicted molar refractivity (Wildman–Crippen MR) is 71.7 cm³/mol. The normalized spacial score (nSPS) is 27.0. The Kier molecular flexibility index (Phi) is 5.77. The second kappa shape index (κ2) is 6.61. The molecule has 0 radical (unpaired) electrons. The van der Waals surface area contributed by atoms with Gasteiger partial charge in [-0.25, -0.2) is 0 Å². The Balaban J connectivity index is 2.52. The first-order valence-corrected chi connectivity index (χ1v) is 6.93. The third-order valence-corrected chi connectivity index (χ3v) is 3.26. The molecule has 1 aliphatic heterocycles. The molecule has 1 rings (SSSR count). The van der Waals surface area contributed by atoms with E-state index in [1.165, 1.54) is 32.6 Å². The van der Waals surface area contributed by atoms with Gasteiger partial charge in [-0.3, -0.25) is 4.90 Å². The summed E-state index contributed by atoms with van der Waals surface area (Å²) in [5.74, 6) is 2.38.